The number of rotatable bonds is 0. The van der Waals surface area contributed by atoms with Crippen molar-refractivity contribution in [3.8, 4) is 0 Å². The average Bonchev–Trinajstić information content (AvgIpc) is 2.13. The van der Waals surface area contributed by atoms with E-state index in [0.29, 0.717) is 0 Å². The molecule has 11 heavy (non-hydrogen) atoms. The molecule has 0 radical (unpaired) electrons. The van der Waals surface area contributed by atoms with E-state index in [9.17, 15) is 0 Å². The van der Waals surface area contributed by atoms with E-state index in [4.69, 9.17) is 4.84 Å². The van der Waals surface area contributed by atoms with Crippen molar-refractivity contribution in [2.24, 2.45) is 0 Å². The Morgan fingerprint density at radius 1 is 1.00 bits per heavy atom. The summed E-state index contributed by atoms with van der Waals surface area (Å²) in [7, 11) is 1.97. The quantitative estimate of drug-likeness (QED) is 0.541. The molecule has 0 bridgehead atoms. The van der Waals surface area contributed by atoms with E-state index in [-0.39, 0.29) is 0 Å². The minimum Gasteiger partial charge on any atom is -0.299 e. The fourth-order valence-corrected chi connectivity index (χ4v) is 0.721. The van der Waals surface area contributed by atoms with Crippen LogP contribution < -0.4 is 0 Å². The van der Waals surface area contributed by atoms with Crippen LogP contribution in [-0.4, -0.2) is 25.3 Å². The van der Waals surface area contributed by atoms with Crippen molar-refractivity contribution < 1.29 is 4.84 Å². The third-order valence-corrected chi connectivity index (χ3v) is 1.18. The highest BCUT2D eigenvalue weighted by Crippen LogP contribution is 2.00. The van der Waals surface area contributed by atoms with E-state index >= 15 is 0 Å². The molecule has 0 N–H and O–H groups in total. The Labute approximate surface area is 71.5 Å². The molecule has 0 unspecified atom stereocenters. The predicted molar refractivity (Wildman–Crippen MR) is 50.5 cm³/mol. The third-order valence-electron chi connectivity index (χ3n) is 1.18. The molecule has 0 aromatic rings. The highest BCUT2D eigenvalue weighted by molar-refractivity contribution is 4.46. The first-order valence-corrected chi connectivity index (χ1v) is 4.73. The van der Waals surface area contributed by atoms with Crippen molar-refractivity contribution in [1.82, 2.24) is 5.06 Å². The zero-order chi connectivity index (χ0) is 9.11. The standard InChI is InChI=1S/C5H11NO.2C2H6/c1-6-4-2-3-5-7-6;2*1-2/h2-5H2,1H3;2*1-2H3. The summed E-state index contributed by atoms with van der Waals surface area (Å²) >= 11 is 0. The zero-order valence-corrected chi connectivity index (χ0v) is 8.68. The van der Waals surface area contributed by atoms with Gasteiger partial charge < -0.3 is 0 Å². The van der Waals surface area contributed by atoms with Gasteiger partial charge in [0.15, 0.2) is 0 Å². The third kappa shape index (κ3) is 9.92. The second-order valence-electron chi connectivity index (χ2n) is 1.89. The van der Waals surface area contributed by atoms with Gasteiger partial charge >= 0.3 is 0 Å². The van der Waals surface area contributed by atoms with Gasteiger partial charge in [0.2, 0.25) is 0 Å². The summed E-state index contributed by atoms with van der Waals surface area (Å²) in [6.45, 7) is 10.0. The van der Waals surface area contributed by atoms with Crippen LogP contribution in [0.3, 0.4) is 0 Å². The molecule has 0 atom stereocenters. The summed E-state index contributed by atoms with van der Waals surface area (Å²) in [5.41, 5.74) is 0. The summed E-state index contributed by atoms with van der Waals surface area (Å²) in [4.78, 5) is 5.11. The maximum absolute atomic E-state index is 5.11. The molecule has 0 aliphatic carbocycles. The van der Waals surface area contributed by atoms with E-state index in [0.717, 1.165) is 13.2 Å². The number of hydroxylamine groups is 2. The molecule has 1 fully saturated rings. The maximum atomic E-state index is 5.11. The largest absolute Gasteiger partial charge is 0.299 e. The molecule has 1 saturated heterocycles. The van der Waals surface area contributed by atoms with Gasteiger partial charge in [-0.2, -0.15) is 5.06 Å². The SMILES string of the molecule is CC.CC.CN1CCCCO1. The maximum Gasteiger partial charge on any atom is 0.0685 e. The molecule has 1 aliphatic rings. The molecule has 1 rings (SSSR count). The Kier molecular flexibility index (Phi) is 15.4. The van der Waals surface area contributed by atoms with Crippen molar-refractivity contribution >= 4 is 0 Å². The highest BCUT2D eigenvalue weighted by atomic mass is 16.7. The van der Waals surface area contributed by atoms with Crippen LogP contribution in [0.5, 0.6) is 0 Å². The van der Waals surface area contributed by atoms with Crippen LogP contribution in [0.15, 0.2) is 0 Å². The monoisotopic (exact) mass is 161 g/mol. The van der Waals surface area contributed by atoms with Gasteiger partial charge in [-0.25, -0.2) is 0 Å². The molecule has 0 spiro atoms. The number of hydrogen-bond acceptors (Lipinski definition) is 2. The van der Waals surface area contributed by atoms with Gasteiger partial charge in [-0.15, -0.1) is 0 Å². The van der Waals surface area contributed by atoms with Crippen LogP contribution in [0.25, 0.3) is 0 Å². The highest BCUT2D eigenvalue weighted by Gasteiger charge is 2.02. The Morgan fingerprint density at radius 2 is 1.55 bits per heavy atom. The molecule has 0 amide bonds. The van der Waals surface area contributed by atoms with Crippen LogP contribution in [-0.2, 0) is 4.84 Å². The first-order chi connectivity index (χ1) is 5.39. The van der Waals surface area contributed by atoms with Gasteiger partial charge in [-0.1, -0.05) is 27.7 Å². The smallest absolute Gasteiger partial charge is 0.0685 e. The van der Waals surface area contributed by atoms with Crippen molar-refractivity contribution in [2.75, 3.05) is 20.2 Å². The Morgan fingerprint density at radius 3 is 1.73 bits per heavy atom. The lowest BCUT2D eigenvalue weighted by molar-refractivity contribution is -0.161. The first kappa shape index (κ1) is 13.5. The van der Waals surface area contributed by atoms with Crippen molar-refractivity contribution in [2.45, 2.75) is 40.5 Å². The van der Waals surface area contributed by atoms with Crippen molar-refractivity contribution in [3.05, 3.63) is 0 Å². The molecule has 0 saturated carbocycles. The summed E-state index contributed by atoms with van der Waals surface area (Å²) in [6.07, 6.45) is 2.51. The van der Waals surface area contributed by atoms with Crippen LogP contribution in [0.2, 0.25) is 0 Å². The molecule has 70 valence electrons. The lowest BCUT2D eigenvalue weighted by Crippen LogP contribution is -2.25. The second-order valence-corrected chi connectivity index (χ2v) is 1.89. The minimum atomic E-state index is 0.913. The predicted octanol–water partition coefficient (Wildman–Crippen LogP) is 2.70. The van der Waals surface area contributed by atoms with Crippen LogP contribution >= 0.6 is 0 Å². The summed E-state index contributed by atoms with van der Waals surface area (Å²) in [5, 5.41) is 1.89. The molecular formula is C9H23NO. The topological polar surface area (TPSA) is 12.5 Å². The van der Waals surface area contributed by atoms with Gasteiger partial charge in [0.05, 0.1) is 6.61 Å². The summed E-state index contributed by atoms with van der Waals surface area (Å²) in [5.74, 6) is 0. The minimum absolute atomic E-state index is 0.913. The Hall–Kier alpha value is -0.0800. The first-order valence-electron chi connectivity index (χ1n) is 4.73. The van der Waals surface area contributed by atoms with Crippen LogP contribution in [0.1, 0.15) is 40.5 Å². The van der Waals surface area contributed by atoms with Gasteiger partial charge in [0, 0.05) is 13.6 Å². The van der Waals surface area contributed by atoms with E-state index in [1.54, 1.807) is 0 Å². The van der Waals surface area contributed by atoms with Gasteiger partial charge in [-0.05, 0) is 12.8 Å². The number of hydrogen-bond donors (Lipinski definition) is 0. The van der Waals surface area contributed by atoms with Crippen molar-refractivity contribution in [1.29, 1.82) is 0 Å². The van der Waals surface area contributed by atoms with E-state index < -0.39 is 0 Å². The van der Waals surface area contributed by atoms with Crippen LogP contribution in [0.4, 0.5) is 0 Å². The molecule has 0 aromatic carbocycles. The lowest BCUT2D eigenvalue weighted by atomic mass is 10.3. The Bertz CT molecular complexity index is 51.5. The van der Waals surface area contributed by atoms with Gasteiger partial charge in [0.25, 0.3) is 0 Å². The van der Waals surface area contributed by atoms with E-state index in [1.807, 2.05) is 39.8 Å². The molecule has 2 heteroatoms. The molecule has 1 aliphatic heterocycles. The van der Waals surface area contributed by atoms with Gasteiger partial charge in [-0.3, -0.25) is 4.84 Å². The Balaban J connectivity index is 0. The van der Waals surface area contributed by atoms with Crippen LogP contribution in [0, 0.1) is 0 Å². The zero-order valence-electron chi connectivity index (χ0n) is 8.68. The summed E-state index contributed by atoms with van der Waals surface area (Å²) < 4.78 is 0. The average molecular weight is 161 g/mol. The molecular weight excluding hydrogens is 138 g/mol. The van der Waals surface area contributed by atoms with E-state index in [2.05, 4.69) is 0 Å². The second kappa shape index (κ2) is 12.6. The normalized spacial score (nSPS) is 17.2. The molecule has 0 aromatic heterocycles. The lowest BCUT2D eigenvalue weighted by Gasteiger charge is -2.20. The molecule has 2 nitrogen and oxygen atoms in total. The number of nitrogens with zero attached hydrogens (tertiary/aromatic N) is 1. The summed E-state index contributed by atoms with van der Waals surface area (Å²) in [6, 6.07) is 0. The van der Waals surface area contributed by atoms with E-state index in [1.165, 1.54) is 12.8 Å². The fourth-order valence-electron chi connectivity index (χ4n) is 0.721. The van der Waals surface area contributed by atoms with Gasteiger partial charge in [0.1, 0.15) is 0 Å². The van der Waals surface area contributed by atoms with Crippen molar-refractivity contribution in [3.63, 3.8) is 0 Å². The molecule has 1 heterocycles. The fraction of sp³-hybridized carbons (Fsp3) is 1.00.